The SMILES string of the molecule is COc1ccc(Br)c(CS(=O)(=O)c2cc(=O)n(C)c3ccccc23)c1. The first-order valence-electron chi connectivity index (χ1n) is 7.47. The Hall–Kier alpha value is -2.12. The van der Waals surface area contributed by atoms with Crippen molar-refractivity contribution in [1.82, 2.24) is 4.57 Å². The van der Waals surface area contributed by atoms with E-state index in [1.54, 1.807) is 49.5 Å². The molecule has 0 aliphatic heterocycles. The Labute approximate surface area is 153 Å². The van der Waals surface area contributed by atoms with Crippen LogP contribution in [0.15, 0.2) is 62.7 Å². The van der Waals surface area contributed by atoms with E-state index in [-0.39, 0.29) is 16.2 Å². The van der Waals surface area contributed by atoms with Crippen molar-refractivity contribution in [3.05, 3.63) is 68.9 Å². The van der Waals surface area contributed by atoms with Crippen molar-refractivity contribution in [1.29, 1.82) is 0 Å². The van der Waals surface area contributed by atoms with Crippen LogP contribution in [0, 0.1) is 0 Å². The van der Waals surface area contributed by atoms with Crippen LogP contribution in [-0.4, -0.2) is 20.1 Å². The van der Waals surface area contributed by atoms with Gasteiger partial charge in [-0.1, -0.05) is 34.1 Å². The summed E-state index contributed by atoms with van der Waals surface area (Å²) in [6.45, 7) is 0. The number of nitrogens with zero attached hydrogens (tertiary/aromatic N) is 1. The quantitative estimate of drug-likeness (QED) is 0.648. The van der Waals surface area contributed by atoms with Gasteiger partial charge in [-0.15, -0.1) is 0 Å². The van der Waals surface area contributed by atoms with Gasteiger partial charge in [0.05, 0.1) is 23.3 Å². The van der Waals surface area contributed by atoms with Crippen LogP contribution < -0.4 is 10.3 Å². The van der Waals surface area contributed by atoms with Gasteiger partial charge < -0.3 is 9.30 Å². The van der Waals surface area contributed by atoms with Crippen molar-refractivity contribution in [2.45, 2.75) is 10.6 Å². The average Bonchev–Trinajstić information content (AvgIpc) is 2.59. The number of hydrogen-bond acceptors (Lipinski definition) is 4. The van der Waals surface area contributed by atoms with Crippen molar-refractivity contribution >= 4 is 36.7 Å². The summed E-state index contributed by atoms with van der Waals surface area (Å²) in [5.41, 5.74) is 0.796. The highest BCUT2D eigenvalue weighted by Crippen LogP contribution is 2.29. The summed E-state index contributed by atoms with van der Waals surface area (Å²) in [6.07, 6.45) is 0. The molecule has 2 aromatic carbocycles. The number of para-hydroxylation sites is 1. The second-order valence-corrected chi connectivity index (χ2v) is 8.45. The molecule has 0 spiro atoms. The predicted octanol–water partition coefficient (Wildman–Crippen LogP) is 3.28. The number of methoxy groups -OCH3 is 1. The largest absolute Gasteiger partial charge is 0.497 e. The van der Waals surface area contributed by atoms with Crippen LogP contribution in [0.1, 0.15) is 5.56 Å². The van der Waals surface area contributed by atoms with Gasteiger partial charge >= 0.3 is 0 Å². The number of aryl methyl sites for hydroxylation is 1. The molecule has 0 atom stereocenters. The van der Waals surface area contributed by atoms with Gasteiger partial charge in [0.2, 0.25) is 0 Å². The zero-order chi connectivity index (χ0) is 18.2. The van der Waals surface area contributed by atoms with Gasteiger partial charge in [-0.05, 0) is 29.8 Å². The van der Waals surface area contributed by atoms with Gasteiger partial charge in [0, 0.05) is 23.0 Å². The first-order chi connectivity index (χ1) is 11.8. The minimum atomic E-state index is -3.73. The third-order valence-electron chi connectivity index (χ3n) is 4.05. The van der Waals surface area contributed by atoms with Gasteiger partial charge in [-0.2, -0.15) is 0 Å². The molecule has 0 saturated heterocycles. The lowest BCUT2D eigenvalue weighted by atomic mass is 10.2. The van der Waals surface area contributed by atoms with E-state index in [1.165, 1.54) is 17.7 Å². The molecule has 3 rings (SSSR count). The monoisotopic (exact) mass is 421 g/mol. The number of ether oxygens (including phenoxy) is 1. The zero-order valence-electron chi connectivity index (χ0n) is 13.7. The smallest absolute Gasteiger partial charge is 0.252 e. The second-order valence-electron chi connectivity index (χ2n) is 5.64. The summed E-state index contributed by atoms with van der Waals surface area (Å²) in [4.78, 5) is 12.2. The van der Waals surface area contributed by atoms with Crippen molar-refractivity contribution in [2.24, 2.45) is 7.05 Å². The molecule has 0 unspecified atom stereocenters. The molecular weight excluding hydrogens is 406 g/mol. The third kappa shape index (κ3) is 3.34. The van der Waals surface area contributed by atoms with E-state index in [0.717, 1.165) is 0 Å². The van der Waals surface area contributed by atoms with Gasteiger partial charge in [-0.3, -0.25) is 4.79 Å². The fraction of sp³-hybridized carbons (Fsp3) is 0.167. The minimum Gasteiger partial charge on any atom is -0.497 e. The van der Waals surface area contributed by atoms with Crippen LogP contribution in [0.2, 0.25) is 0 Å². The molecule has 1 heterocycles. The molecule has 25 heavy (non-hydrogen) atoms. The second kappa shape index (κ2) is 6.65. The highest BCUT2D eigenvalue weighted by atomic mass is 79.9. The lowest BCUT2D eigenvalue weighted by Gasteiger charge is -2.12. The molecule has 130 valence electrons. The van der Waals surface area contributed by atoms with Crippen LogP contribution in [0.3, 0.4) is 0 Å². The number of benzene rings is 2. The molecule has 1 aromatic heterocycles. The van der Waals surface area contributed by atoms with Gasteiger partial charge in [0.15, 0.2) is 9.84 Å². The molecule has 5 nitrogen and oxygen atoms in total. The van der Waals surface area contributed by atoms with E-state index in [0.29, 0.717) is 26.7 Å². The van der Waals surface area contributed by atoms with Gasteiger partial charge in [-0.25, -0.2) is 8.42 Å². The summed E-state index contributed by atoms with van der Waals surface area (Å²) in [5, 5.41) is 0.531. The maximum Gasteiger partial charge on any atom is 0.252 e. The summed E-state index contributed by atoms with van der Waals surface area (Å²) in [5.74, 6) is 0.337. The summed E-state index contributed by atoms with van der Waals surface area (Å²) >= 11 is 3.37. The molecule has 7 heteroatoms. The number of hydrogen-bond donors (Lipinski definition) is 0. The van der Waals surface area contributed by atoms with E-state index >= 15 is 0 Å². The molecule has 0 aliphatic rings. The highest BCUT2D eigenvalue weighted by molar-refractivity contribution is 9.10. The van der Waals surface area contributed by atoms with Crippen LogP contribution in [0.25, 0.3) is 10.9 Å². The van der Waals surface area contributed by atoms with Crippen molar-refractivity contribution < 1.29 is 13.2 Å². The molecule has 0 bridgehead atoms. The van der Waals surface area contributed by atoms with Crippen molar-refractivity contribution in [3.63, 3.8) is 0 Å². The van der Waals surface area contributed by atoms with E-state index in [4.69, 9.17) is 4.74 Å². The Morgan fingerprint density at radius 2 is 1.84 bits per heavy atom. The lowest BCUT2D eigenvalue weighted by Crippen LogP contribution is -2.19. The maximum absolute atomic E-state index is 13.0. The molecule has 0 radical (unpaired) electrons. The number of fused-ring (bicyclic) bond motifs is 1. The summed E-state index contributed by atoms with van der Waals surface area (Å²) in [7, 11) is -0.577. The fourth-order valence-electron chi connectivity index (χ4n) is 2.71. The first-order valence-corrected chi connectivity index (χ1v) is 9.92. The first kappa shape index (κ1) is 17.7. The highest BCUT2D eigenvalue weighted by Gasteiger charge is 2.22. The van der Waals surface area contributed by atoms with Gasteiger partial charge in [0.25, 0.3) is 5.56 Å². The molecule has 3 aromatic rings. The number of sulfone groups is 1. The van der Waals surface area contributed by atoms with E-state index < -0.39 is 9.84 Å². The fourth-order valence-corrected chi connectivity index (χ4v) is 4.87. The Kier molecular flexibility index (Phi) is 4.71. The van der Waals surface area contributed by atoms with E-state index in [9.17, 15) is 13.2 Å². The molecule has 0 N–H and O–H groups in total. The maximum atomic E-state index is 13.0. The van der Waals surface area contributed by atoms with Crippen LogP contribution in [0.5, 0.6) is 5.75 Å². The summed E-state index contributed by atoms with van der Waals surface area (Å²) in [6, 6.07) is 13.3. The predicted molar refractivity (Wildman–Crippen MR) is 101 cm³/mol. The number of pyridine rings is 1. The molecular formula is C18H16BrNO4S. The van der Waals surface area contributed by atoms with E-state index in [1.807, 2.05) is 0 Å². The van der Waals surface area contributed by atoms with Crippen molar-refractivity contribution in [3.8, 4) is 5.75 Å². The number of aromatic nitrogens is 1. The normalized spacial score (nSPS) is 11.6. The molecule has 0 fully saturated rings. The van der Waals surface area contributed by atoms with Crippen LogP contribution >= 0.6 is 15.9 Å². The number of halogens is 1. The van der Waals surface area contributed by atoms with Crippen molar-refractivity contribution in [2.75, 3.05) is 7.11 Å². The minimum absolute atomic E-state index is 0.0425. The summed E-state index contributed by atoms with van der Waals surface area (Å²) < 4.78 is 33.3. The third-order valence-corrected chi connectivity index (χ3v) is 6.52. The Balaban J connectivity index is 2.18. The van der Waals surface area contributed by atoms with Gasteiger partial charge in [0.1, 0.15) is 5.75 Å². The molecule has 0 saturated carbocycles. The standard InChI is InChI=1S/C18H16BrNO4S/c1-20-16-6-4-3-5-14(16)17(10-18(20)21)25(22,23)11-12-9-13(24-2)7-8-15(12)19/h3-10H,11H2,1-2H3. The number of rotatable bonds is 4. The zero-order valence-corrected chi connectivity index (χ0v) is 16.1. The van der Waals surface area contributed by atoms with Crippen LogP contribution in [-0.2, 0) is 22.6 Å². The van der Waals surface area contributed by atoms with E-state index in [2.05, 4.69) is 15.9 Å². The molecule has 0 aliphatic carbocycles. The topological polar surface area (TPSA) is 65.4 Å². The lowest BCUT2D eigenvalue weighted by molar-refractivity contribution is 0.414. The Morgan fingerprint density at radius 3 is 2.56 bits per heavy atom. The average molecular weight is 422 g/mol. The Morgan fingerprint density at radius 1 is 1.12 bits per heavy atom. The Bertz CT molecular complexity index is 1120. The van der Waals surface area contributed by atoms with Crippen LogP contribution in [0.4, 0.5) is 0 Å². The molecule has 0 amide bonds.